The second kappa shape index (κ2) is 4.14. The first-order valence-electron chi connectivity index (χ1n) is 4.15. The van der Waals surface area contributed by atoms with Gasteiger partial charge in [0.25, 0.3) is 6.43 Å². The molecule has 1 rings (SSSR count). The first kappa shape index (κ1) is 11.9. The van der Waals surface area contributed by atoms with Gasteiger partial charge in [0, 0.05) is 6.04 Å². The second-order valence-corrected chi connectivity index (χ2v) is 3.55. The van der Waals surface area contributed by atoms with E-state index in [9.17, 15) is 13.6 Å². The third kappa shape index (κ3) is 2.09. The van der Waals surface area contributed by atoms with Crippen molar-refractivity contribution in [2.75, 3.05) is 0 Å². The summed E-state index contributed by atoms with van der Waals surface area (Å²) in [6, 6.07) is -0.275. The molecule has 1 aromatic rings. The fourth-order valence-electron chi connectivity index (χ4n) is 1.12. The van der Waals surface area contributed by atoms with Crippen molar-refractivity contribution >= 4 is 17.6 Å². The highest BCUT2D eigenvalue weighted by Crippen LogP contribution is 2.29. The van der Waals surface area contributed by atoms with E-state index in [0.717, 1.165) is 4.68 Å². The molecule has 0 saturated carbocycles. The van der Waals surface area contributed by atoms with Crippen LogP contribution in [0.15, 0.2) is 0 Å². The molecule has 1 N–H and O–H groups in total. The van der Waals surface area contributed by atoms with E-state index in [1.165, 1.54) is 0 Å². The lowest BCUT2D eigenvalue weighted by Crippen LogP contribution is -2.03. The molecule has 1 heterocycles. The van der Waals surface area contributed by atoms with Gasteiger partial charge in [0.15, 0.2) is 0 Å². The zero-order valence-corrected chi connectivity index (χ0v) is 8.79. The molecule has 0 amide bonds. The smallest absolute Gasteiger partial charge is 0.341 e. The lowest BCUT2D eigenvalue weighted by molar-refractivity contribution is 0.0684. The molecule has 0 radical (unpaired) electrons. The average molecular weight is 239 g/mol. The Kier molecular flexibility index (Phi) is 3.28. The molecule has 0 aliphatic rings. The molecule has 1 aromatic heterocycles. The highest BCUT2D eigenvalue weighted by atomic mass is 35.5. The van der Waals surface area contributed by atoms with Crippen LogP contribution in [0.1, 0.15) is 42.4 Å². The summed E-state index contributed by atoms with van der Waals surface area (Å²) in [4.78, 5) is 10.7. The molecule has 15 heavy (non-hydrogen) atoms. The predicted octanol–water partition coefficient (Wildman–Crippen LogP) is 2.75. The van der Waals surface area contributed by atoms with E-state index in [4.69, 9.17) is 16.7 Å². The molecule has 0 saturated heterocycles. The van der Waals surface area contributed by atoms with Gasteiger partial charge in [0.1, 0.15) is 16.4 Å². The molecule has 0 aliphatic heterocycles. The molecular weight excluding hydrogens is 230 g/mol. The Hall–Kier alpha value is -1.17. The largest absolute Gasteiger partial charge is 0.478 e. The number of alkyl halides is 2. The fourth-order valence-corrected chi connectivity index (χ4v) is 1.53. The van der Waals surface area contributed by atoms with E-state index in [0.29, 0.717) is 0 Å². The van der Waals surface area contributed by atoms with Crippen molar-refractivity contribution in [1.82, 2.24) is 9.78 Å². The van der Waals surface area contributed by atoms with Crippen LogP contribution in [0.25, 0.3) is 0 Å². The van der Waals surface area contributed by atoms with Crippen LogP contribution in [0.4, 0.5) is 8.78 Å². The quantitative estimate of drug-likeness (QED) is 0.881. The van der Waals surface area contributed by atoms with Gasteiger partial charge in [-0.3, -0.25) is 4.68 Å². The van der Waals surface area contributed by atoms with Gasteiger partial charge < -0.3 is 5.11 Å². The van der Waals surface area contributed by atoms with E-state index in [2.05, 4.69) is 5.10 Å². The van der Waals surface area contributed by atoms with Gasteiger partial charge in [0.05, 0.1) is 0 Å². The number of carbonyl (C=O) groups is 1. The Morgan fingerprint density at radius 3 is 2.33 bits per heavy atom. The van der Waals surface area contributed by atoms with Crippen LogP contribution in [0.3, 0.4) is 0 Å². The summed E-state index contributed by atoms with van der Waals surface area (Å²) in [5.74, 6) is -1.50. The monoisotopic (exact) mass is 238 g/mol. The maximum Gasteiger partial charge on any atom is 0.341 e. The highest BCUT2D eigenvalue weighted by Gasteiger charge is 2.28. The molecule has 0 spiro atoms. The van der Waals surface area contributed by atoms with E-state index in [-0.39, 0.29) is 11.2 Å². The molecular formula is C8H9ClF2N2O2. The molecule has 7 heteroatoms. The molecule has 84 valence electrons. The molecule has 0 atom stereocenters. The molecule has 4 nitrogen and oxygen atoms in total. The standard InChI is InChI=1S/C8H9ClF2N2O2/c1-3(2)13-6(9)4(8(14)15)5(12-13)7(10)11/h3,7H,1-2H3,(H,14,15). The Morgan fingerprint density at radius 1 is 1.53 bits per heavy atom. The molecule has 0 aliphatic carbocycles. The van der Waals surface area contributed by atoms with Crippen molar-refractivity contribution < 1.29 is 18.7 Å². The zero-order valence-electron chi connectivity index (χ0n) is 8.04. The Bertz CT molecular complexity index is 390. The summed E-state index contributed by atoms with van der Waals surface area (Å²) in [5.41, 5.74) is -1.42. The third-order valence-electron chi connectivity index (χ3n) is 1.79. The van der Waals surface area contributed by atoms with Crippen LogP contribution in [0.2, 0.25) is 5.15 Å². The molecule has 0 unspecified atom stereocenters. The summed E-state index contributed by atoms with van der Waals surface area (Å²) >= 11 is 5.65. The van der Waals surface area contributed by atoms with Crippen LogP contribution in [0, 0.1) is 0 Å². The second-order valence-electron chi connectivity index (χ2n) is 3.20. The number of hydrogen-bond acceptors (Lipinski definition) is 2. The van der Waals surface area contributed by atoms with Gasteiger partial charge >= 0.3 is 5.97 Å². The summed E-state index contributed by atoms with van der Waals surface area (Å²) in [6.07, 6.45) is -2.95. The lowest BCUT2D eigenvalue weighted by atomic mass is 10.2. The minimum Gasteiger partial charge on any atom is -0.478 e. The number of aromatic nitrogens is 2. The number of carboxylic acids is 1. The van der Waals surface area contributed by atoms with Crippen molar-refractivity contribution in [2.24, 2.45) is 0 Å². The number of carboxylic acid groups (broad SMARTS) is 1. The maximum absolute atomic E-state index is 12.4. The van der Waals surface area contributed by atoms with Gasteiger partial charge in [-0.15, -0.1) is 0 Å². The third-order valence-corrected chi connectivity index (χ3v) is 2.15. The molecule has 0 fully saturated rings. The van der Waals surface area contributed by atoms with Crippen molar-refractivity contribution in [2.45, 2.75) is 26.3 Å². The first-order chi connectivity index (χ1) is 6.86. The average Bonchev–Trinajstić information content (AvgIpc) is 2.42. The number of rotatable bonds is 3. The van der Waals surface area contributed by atoms with E-state index in [1.807, 2.05) is 0 Å². The Morgan fingerprint density at radius 2 is 2.07 bits per heavy atom. The number of nitrogens with zero attached hydrogens (tertiary/aromatic N) is 2. The van der Waals surface area contributed by atoms with Crippen LogP contribution in [0.5, 0.6) is 0 Å². The fraction of sp³-hybridized carbons (Fsp3) is 0.500. The number of hydrogen-bond donors (Lipinski definition) is 1. The number of aromatic carboxylic acids is 1. The number of halogens is 3. The Labute approximate surface area is 89.5 Å². The summed E-state index contributed by atoms with van der Waals surface area (Å²) in [6.45, 7) is 3.33. The predicted molar refractivity (Wildman–Crippen MR) is 49.5 cm³/mol. The van der Waals surface area contributed by atoms with E-state index >= 15 is 0 Å². The van der Waals surface area contributed by atoms with Crippen LogP contribution in [-0.2, 0) is 0 Å². The van der Waals surface area contributed by atoms with Crippen LogP contribution in [-0.4, -0.2) is 20.9 Å². The van der Waals surface area contributed by atoms with Gasteiger partial charge in [-0.1, -0.05) is 11.6 Å². The normalized spacial score (nSPS) is 11.4. The lowest BCUT2D eigenvalue weighted by Gasteiger charge is -2.05. The molecule has 0 aromatic carbocycles. The van der Waals surface area contributed by atoms with Crippen molar-refractivity contribution in [3.63, 3.8) is 0 Å². The minimum absolute atomic E-state index is 0.271. The van der Waals surface area contributed by atoms with Crippen LogP contribution < -0.4 is 0 Å². The van der Waals surface area contributed by atoms with E-state index < -0.39 is 23.7 Å². The highest BCUT2D eigenvalue weighted by molar-refractivity contribution is 6.32. The SMILES string of the molecule is CC(C)n1nc(C(F)F)c(C(=O)O)c1Cl. The summed E-state index contributed by atoms with van der Waals surface area (Å²) in [5, 5.41) is 11.9. The first-order valence-corrected chi connectivity index (χ1v) is 4.53. The molecule has 0 bridgehead atoms. The van der Waals surface area contributed by atoms with Crippen molar-refractivity contribution in [1.29, 1.82) is 0 Å². The summed E-state index contributed by atoms with van der Waals surface area (Å²) in [7, 11) is 0. The maximum atomic E-state index is 12.4. The van der Waals surface area contributed by atoms with Gasteiger partial charge in [-0.05, 0) is 13.8 Å². The topological polar surface area (TPSA) is 55.1 Å². The van der Waals surface area contributed by atoms with Gasteiger partial charge in [0.2, 0.25) is 0 Å². The van der Waals surface area contributed by atoms with Crippen LogP contribution >= 0.6 is 11.6 Å². The van der Waals surface area contributed by atoms with Crippen molar-refractivity contribution in [3.05, 3.63) is 16.4 Å². The Balaban J connectivity index is 3.39. The van der Waals surface area contributed by atoms with Gasteiger partial charge in [-0.25, -0.2) is 13.6 Å². The summed E-state index contributed by atoms with van der Waals surface area (Å²) < 4.78 is 26.0. The van der Waals surface area contributed by atoms with Gasteiger partial charge in [-0.2, -0.15) is 5.10 Å². The zero-order chi connectivity index (χ0) is 11.7. The van der Waals surface area contributed by atoms with Crippen molar-refractivity contribution in [3.8, 4) is 0 Å². The minimum atomic E-state index is -2.95. The van der Waals surface area contributed by atoms with E-state index in [1.54, 1.807) is 13.8 Å².